The lowest BCUT2D eigenvalue weighted by molar-refractivity contribution is -0.137. The SMILES string of the molecule is COc1ccc(N2C[C@H](C(=O)NCC(=O)Nc3cccc(C(F)(F)F)c3)CC2=O)cc1. The molecule has 1 aliphatic rings. The van der Waals surface area contributed by atoms with Gasteiger partial charge in [0.15, 0.2) is 0 Å². The van der Waals surface area contributed by atoms with Crippen molar-refractivity contribution in [3.63, 3.8) is 0 Å². The number of halogens is 3. The standard InChI is InChI=1S/C21H20F3N3O4/c1-31-17-7-5-16(6-8-17)27-12-13(9-19(27)29)20(30)25-11-18(28)26-15-4-2-3-14(10-15)21(22,23)24/h2-8,10,13H,9,11-12H2,1H3,(H,25,30)(H,26,28)/t13-/m1/s1. The number of benzene rings is 2. The van der Waals surface area contributed by atoms with Gasteiger partial charge < -0.3 is 20.3 Å². The third kappa shape index (κ3) is 5.53. The molecule has 0 spiro atoms. The average molecular weight is 435 g/mol. The Morgan fingerprint density at radius 1 is 1.16 bits per heavy atom. The van der Waals surface area contributed by atoms with Crippen molar-refractivity contribution in [3.05, 3.63) is 54.1 Å². The minimum absolute atomic E-state index is 0.00684. The number of hydrogen-bond acceptors (Lipinski definition) is 4. The van der Waals surface area contributed by atoms with Crippen LogP contribution in [0.5, 0.6) is 5.75 Å². The van der Waals surface area contributed by atoms with E-state index in [0.717, 1.165) is 12.1 Å². The molecule has 3 rings (SSSR count). The lowest BCUT2D eigenvalue weighted by Gasteiger charge is -2.17. The molecule has 0 bridgehead atoms. The van der Waals surface area contributed by atoms with Gasteiger partial charge in [0.1, 0.15) is 5.75 Å². The van der Waals surface area contributed by atoms with Gasteiger partial charge in [-0.25, -0.2) is 0 Å². The van der Waals surface area contributed by atoms with Crippen LogP contribution in [0.4, 0.5) is 24.5 Å². The number of anilines is 2. The van der Waals surface area contributed by atoms with Gasteiger partial charge in [0.25, 0.3) is 0 Å². The van der Waals surface area contributed by atoms with Crippen LogP contribution < -0.4 is 20.3 Å². The van der Waals surface area contributed by atoms with E-state index < -0.39 is 36.0 Å². The third-order valence-corrected chi connectivity index (χ3v) is 4.78. The van der Waals surface area contributed by atoms with Gasteiger partial charge in [-0.05, 0) is 42.5 Å². The third-order valence-electron chi connectivity index (χ3n) is 4.78. The van der Waals surface area contributed by atoms with Crippen molar-refractivity contribution >= 4 is 29.1 Å². The molecule has 3 amide bonds. The number of amides is 3. The fraction of sp³-hybridized carbons (Fsp3) is 0.286. The molecule has 1 fully saturated rings. The maximum atomic E-state index is 12.7. The second-order valence-electron chi connectivity index (χ2n) is 6.95. The molecule has 2 N–H and O–H groups in total. The van der Waals surface area contributed by atoms with E-state index in [4.69, 9.17) is 4.74 Å². The molecule has 2 aromatic rings. The number of nitrogens with zero attached hydrogens (tertiary/aromatic N) is 1. The van der Waals surface area contributed by atoms with E-state index in [0.29, 0.717) is 11.4 Å². The maximum absolute atomic E-state index is 12.7. The summed E-state index contributed by atoms with van der Waals surface area (Å²) >= 11 is 0. The molecule has 1 saturated heterocycles. The van der Waals surface area contributed by atoms with Crippen LogP contribution in [0.1, 0.15) is 12.0 Å². The van der Waals surface area contributed by atoms with E-state index in [2.05, 4.69) is 10.6 Å². The minimum atomic E-state index is -4.53. The van der Waals surface area contributed by atoms with Crippen LogP contribution in [0.3, 0.4) is 0 Å². The largest absolute Gasteiger partial charge is 0.497 e. The van der Waals surface area contributed by atoms with Crippen LogP contribution in [0.15, 0.2) is 48.5 Å². The summed E-state index contributed by atoms with van der Waals surface area (Å²) in [5, 5.41) is 4.74. The zero-order valence-electron chi connectivity index (χ0n) is 16.5. The highest BCUT2D eigenvalue weighted by molar-refractivity contribution is 6.01. The Morgan fingerprint density at radius 3 is 2.52 bits per heavy atom. The molecule has 0 saturated carbocycles. The lowest BCUT2D eigenvalue weighted by Crippen LogP contribution is -2.37. The Kier molecular flexibility index (Phi) is 6.47. The smallest absolute Gasteiger partial charge is 0.416 e. The Bertz CT molecular complexity index is 977. The van der Waals surface area contributed by atoms with Crippen LogP contribution >= 0.6 is 0 Å². The highest BCUT2D eigenvalue weighted by Gasteiger charge is 2.35. The Morgan fingerprint density at radius 2 is 1.87 bits per heavy atom. The summed E-state index contributed by atoms with van der Waals surface area (Å²) in [6.07, 6.45) is -4.53. The number of nitrogens with one attached hydrogen (secondary N) is 2. The normalized spacial score (nSPS) is 16.2. The first-order valence-electron chi connectivity index (χ1n) is 9.36. The van der Waals surface area contributed by atoms with Crippen LogP contribution in [-0.2, 0) is 20.6 Å². The van der Waals surface area contributed by atoms with E-state index >= 15 is 0 Å². The first-order chi connectivity index (χ1) is 14.7. The second-order valence-corrected chi connectivity index (χ2v) is 6.95. The fourth-order valence-electron chi connectivity index (χ4n) is 3.19. The number of hydrogen-bond donors (Lipinski definition) is 2. The number of ether oxygens (including phenoxy) is 1. The summed E-state index contributed by atoms with van der Waals surface area (Å²) in [7, 11) is 1.53. The van der Waals surface area contributed by atoms with Gasteiger partial charge in [-0.1, -0.05) is 6.07 Å². The zero-order chi connectivity index (χ0) is 22.6. The molecule has 1 heterocycles. The summed E-state index contributed by atoms with van der Waals surface area (Å²) in [5.74, 6) is -1.39. The number of carbonyl (C=O) groups excluding carboxylic acids is 3. The van der Waals surface area contributed by atoms with E-state index in [1.807, 2.05) is 0 Å². The van der Waals surface area contributed by atoms with Crippen molar-refractivity contribution in [2.45, 2.75) is 12.6 Å². The summed E-state index contributed by atoms with van der Waals surface area (Å²) in [4.78, 5) is 38.1. The monoisotopic (exact) mass is 435 g/mol. The van der Waals surface area contributed by atoms with Gasteiger partial charge >= 0.3 is 6.18 Å². The quantitative estimate of drug-likeness (QED) is 0.731. The Labute approximate surface area is 176 Å². The highest BCUT2D eigenvalue weighted by Crippen LogP contribution is 2.30. The van der Waals surface area contributed by atoms with Gasteiger partial charge in [0.2, 0.25) is 17.7 Å². The number of alkyl halides is 3. The van der Waals surface area contributed by atoms with Gasteiger partial charge in [-0.3, -0.25) is 14.4 Å². The highest BCUT2D eigenvalue weighted by atomic mass is 19.4. The second kappa shape index (κ2) is 9.07. The topological polar surface area (TPSA) is 87.7 Å². The van der Waals surface area contributed by atoms with Crippen molar-refractivity contribution < 1.29 is 32.3 Å². The van der Waals surface area contributed by atoms with Crippen molar-refractivity contribution in [1.82, 2.24) is 5.32 Å². The summed E-state index contributed by atoms with van der Waals surface area (Å²) in [5.41, 5.74) is -0.295. The number of rotatable bonds is 6. The van der Waals surface area contributed by atoms with E-state index in [-0.39, 0.29) is 24.6 Å². The molecule has 31 heavy (non-hydrogen) atoms. The van der Waals surface area contributed by atoms with Gasteiger partial charge in [0, 0.05) is 24.3 Å². The molecular weight excluding hydrogens is 415 g/mol. The molecule has 7 nitrogen and oxygen atoms in total. The van der Waals surface area contributed by atoms with Crippen molar-refractivity contribution in [2.24, 2.45) is 5.92 Å². The number of carbonyl (C=O) groups is 3. The molecule has 164 valence electrons. The minimum Gasteiger partial charge on any atom is -0.497 e. The summed E-state index contributed by atoms with van der Waals surface area (Å²) < 4.78 is 43.3. The molecule has 0 aliphatic carbocycles. The van der Waals surface area contributed by atoms with E-state index in [1.54, 1.807) is 24.3 Å². The van der Waals surface area contributed by atoms with Crippen molar-refractivity contribution in [2.75, 3.05) is 30.4 Å². The van der Waals surface area contributed by atoms with Crippen molar-refractivity contribution in [3.8, 4) is 5.75 Å². The predicted octanol–water partition coefficient (Wildman–Crippen LogP) is 2.82. The molecule has 0 unspecified atom stereocenters. The first kappa shape index (κ1) is 22.1. The summed E-state index contributed by atoms with van der Waals surface area (Å²) in [6.45, 7) is -0.269. The summed E-state index contributed by atoms with van der Waals surface area (Å²) in [6, 6.07) is 11.0. The maximum Gasteiger partial charge on any atom is 0.416 e. The zero-order valence-corrected chi connectivity index (χ0v) is 16.5. The van der Waals surface area contributed by atoms with Gasteiger partial charge in [-0.15, -0.1) is 0 Å². The number of methoxy groups -OCH3 is 1. The van der Waals surface area contributed by atoms with Gasteiger partial charge in [-0.2, -0.15) is 13.2 Å². The van der Waals surface area contributed by atoms with Crippen LogP contribution in [0.2, 0.25) is 0 Å². The van der Waals surface area contributed by atoms with E-state index in [1.165, 1.54) is 24.1 Å². The average Bonchev–Trinajstić information content (AvgIpc) is 3.13. The molecule has 0 radical (unpaired) electrons. The van der Waals surface area contributed by atoms with Crippen molar-refractivity contribution in [1.29, 1.82) is 0 Å². The van der Waals surface area contributed by atoms with Crippen LogP contribution in [-0.4, -0.2) is 37.9 Å². The molecule has 1 aliphatic heterocycles. The first-order valence-corrected chi connectivity index (χ1v) is 9.36. The predicted molar refractivity (Wildman–Crippen MR) is 107 cm³/mol. The molecule has 1 atom stereocenters. The molecule has 2 aromatic carbocycles. The molecular formula is C21H20F3N3O4. The molecule has 10 heteroatoms. The van der Waals surface area contributed by atoms with E-state index in [9.17, 15) is 27.6 Å². The lowest BCUT2D eigenvalue weighted by atomic mass is 10.1. The molecule has 0 aromatic heterocycles. The Hall–Kier alpha value is -3.56. The van der Waals surface area contributed by atoms with Gasteiger partial charge in [0.05, 0.1) is 25.1 Å². The Balaban J connectivity index is 1.52. The van der Waals surface area contributed by atoms with Crippen LogP contribution in [0.25, 0.3) is 0 Å². The fourth-order valence-corrected chi connectivity index (χ4v) is 3.19. The van der Waals surface area contributed by atoms with Crippen LogP contribution in [0, 0.1) is 5.92 Å².